The Balaban J connectivity index is 1.52. The third-order valence-electron chi connectivity index (χ3n) is 4.95. The molecule has 6 nitrogen and oxygen atoms in total. The molecule has 4 rings (SSSR count). The number of hydrogen-bond donors (Lipinski definition) is 0. The summed E-state index contributed by atoms with van der Waals surface area (Å²) in [7, 11) is 0. The van der Waals surface area contributed by atoms with Gasteiger partial charge in [0.15, 0.2) is 5.65 Å². The Labute approximate surface area is 173 Å². The number of carbonyl (C=O) groups excluding carboxylic acids is 1. The van der Waals surface area contributed by atoms with E-state index in [2.05, 4.69) is 27.8 Å². The highest BCUT2D eigenvalue weighted by Crippen LogP contribution is 2.27. The van der Waals surface area contributed by atoms with Crippen LogP contribution in [-0.4, -0.2) is 42.9 Å². The molecule has 0 unspecified atom stereocenters. The van der Waals surface area contributed by atoms with Crippen molar-refractivity contribution < 1.29 is 4.79 Å². The molecule has 7 heteroatoms. The molecule has 0 saturated carbocycles. The standard InChI is InChI=1S/C22H23N5OS/c1-3-26(14-16-10-6-5-7-11-16)19(28)15-29-22-23-21-20(24-25-22)17-12-8-9-13-18(17)27(21)4-2/h5-13H,3-4,14-15H2,1-2H3. The van der Waals surface area contributed by atoms with E-state index in [4.69, 9.17) is 4.98 Å². The maximum atomic E-state index is 12.7. The highest BCUT2D eigenvalue weighted by Gasteiger charge is 2.16. The van der Waals surface area contributed by atoms with Crippen molar-refractivity contribution in [2.45, 2.75) is 32.1 Å². The molecule has 2 heterocycles. The van der Waals surface area contributed by atoms with Gasteiger partial charge in [-0.1, -0.05) is 60.3 Å². The summed E-state index contributed by atoms with van der Waals surface area (Å²) in [5.74, 6) is 0.362. The minimum absolute atomic E-state index is 0.0704. The lowest BCUT2D eigenvalue weighted by Gasteiger charge is -2.20. The second kappa shape index (κ2) is 8.61. The van der Waals surface area contributed by atoms with Crippen LogP contribution in [0.25, 0.3) is 22.1 Å². The molecule has 0 aliphatic heterocycles. The van der Waals surface area contributed by atoms with Crippen LogP contribution in [0.3, 0.4) is 0 Å². The maximum Gasteiger partial charge on any atom is 0.233 e. The van der Waals surface area contributed by atoms with Crippen molar-refractivity contribution in [2.75, 3.05) is 12.3 Å². The summed E-state index contributed by atoms with van der Waals surface area (Å²) >= 11 is 1.34. The Morgan fingerprint density at radius 1 is 1.03 bits per heavy atom. The van der Waals surface area contributed by atoms with Crippen LogP contribution < -0.4 is 0 Å². The smallest absolute Gasteiger partial charge is 0.233 e. The summed E-state index contributed by atoms with van der Waals surface area (Å²) in [4.78, 5) is 19.3. The molecule has 0 bridgehead atoms. The Hall–Kier alpha value is -2.93. The van der Waals surface area contributed by atoms with Crippen LogP contribution in [0.5, 0.6) is 0 Å². The number of fused-ring (bicyclic) bond motifs is 3. The molecule has 0 N–H and O–H groups in total. The molecule has 0 fully saturated rings. The van der Waals surface area contributed by atoms with Crippen LogP contribution in [0.4, 0.5) is 0 Å². The fraction of sp³-hybridized carbons (Fsp3) is 0.273. The number of para-hydroxylation sites is 1. The molecule has 2 aromatic heterocycles. The van der Waals surface area contributed by atoms with Crippen LogP contribution in [0.1, 0.15) is 19.4 Å². The third-order valence-corrected chi connectivity index (χ3v) is 5.77. The zero-order valence-electron chi connectivity index (χ0n) is 16.6. The van der Waals surface area contributed by atoms with Gasteiger partial charge in [0.25, 0.3) is 0 Å². The minimum atomic E-state index is 0.0704. The fourth-order valence-corrected chi connectivity index (χ4v) is 4.15. The molecular weight excluding hydrogens is 382 g/mol. The number of benzene rings is 2. The quantitative estimate of drug-likeness (QED) is 0.433. The van der Waals surface area contributed by atoms with E-state index in [-0.39, 0.29) is 5.91 Å². The van der Waals surface area contributed by atoms with E-state index < -0.39 is 0 Å². The normalized spacial score (nSPS) is 11.2. The van der Waals surface area contributed by atoms with Crippen LogP contribution in [0.2, 0.25) is 0 Å². The first kappa shape index (κ1) is 19.4. The van der Waals surface area contributed by atoms with E-state index in [1.54, 1.807) is 0 Å². The average Bonchev–Trinajstić information content (AvgIpc) is 3.09. The molecule has 1 amide bonds. The van der Waals surface area contributed by atoms with Crippen LogP contribution >= 0.6 is 11.8 Å². The summed E-state index contributed by atoms with van der Waals surface area (Å²) in [5, 5.41) is 10.3. The molecule has 29 heavy (non-hydrogen) atoms. The van der Waals surface area contributed by atoms with E-state index in [1.807, 2.05) is 60.4 Å². The fourth-order valence-electron chi connectivity index (χ4n) is 3.47. The number of aryl methyl sites for hydroxylation is 1. The molecule has 0 spiro atoms. The molecule has 0 aliphatic carbocycles. The van der Waals surface area contributed by atoms with Crippen molar-refractivity contribution in [3.8, 4) is 0 Å². The zero-order chi connectivity index (χ0) is 20.2. The van der Waals surface area contributed by atoms with Crippen LogP contribution in [0.15, 0.2) is 59.8 Å². The lowest BCUT2D eigenvalue weighted by Crippen LogP contribution is -2.31. The van der Waals surface area contributed by atoms with Crippen molar-refractivity contribution >= 4 is 39.7 Å². The first-order valence-electron chi connectivity index (χ1n) is 9.77. The highest BCUT2D eigenvalue weighted by molar-refractivity contribution is 7.99. The predicted octanol–water partition coefficient (Wildman–Crippen LogP) is 4.14. The van der Waals surface area contributed by atoms with Gasteiger partial charge in [0.05, 0.1) is 11.3 Å². The number of rotatable bonds is 7. The SMILES string of the molecule is CCN(Cc1ccccc1)C(=O)CSc1nnc2c3ccccc3n(CC)c2n1. The Kier molecular flexibility index (Phi) is 5.76. The van der Waals surface area contributed by atoms with Crippen molar-refractivity contribution in [1.29, 1.82) is 0 Å². The lowest BCUT2D eigenvalue weighted by atomic mass is 10.2. The van der Waals surface area contributed by atoms with Gasteiger partial charge in [-0.05, 0) is 25.5 Å². The van der Waals surface area contributed by atoms with Gasteiger partial charge in [-0.2, -0.15) is 0 Å². The van der Waals surface area contributed by atoms with Gasteiger partial charge >= 0.3 is 0 Å². The zero-order valence-corrected chi connectivity index (χ0v) is 17.4. The summed E-state index contributed by atoms with van der Waals surface area (Å²) in [6, 6.07) is 18.2. The predicted molar refractivity (Wildman–Crippen MR) is 117 cm³/mol. The lowest BCUT2D eigenvalue weighted by molar-refractivity contribution is -0.128. The van der Waals surface area contributed by atoms with Crippen LogP contribution in [-0.2, 0) is 17.9 Å². The first-order valence-corrected chi connectivity index (χ1v) is 10.8. The molecule has 0 saturated heterocycles. The average molecular weight is 406 g/mol. The van der Waals surface area contributed by atoms with Gasteiger partial charge in [-0.25, -0.2) is 4.98 Å². The van der Waals surface area contributed by atoms with Gasteiger partial charge in [-0.3, -0.25) is 4.79 Å². The molecule has 0 aliphatic rings. The molecule has 4 aromatic rings. The topological polar surface area (TPSA) is 63.9 Å². The molecular formula is C22H23N5OS. The molecule has 148 valence electrons. The van der Waals surface area contributed by atoms with Crippen molar-refractivity contribution in [3.63, 3.8) is 0 Å². The Morgan fingerprint density at radius 2 is 1.79 bits per heavy atom. The monoisotopic (exact) mass is 405 g/mol. The molecule has 2 aromatic carbocycles. The minimum Gasteiger partial charge on any atom is -0.338 e. The number of amides is 1. The van der Waals surface area contributed by atoms with Gasteiger partial charge in [0, 0.05) is 25.0 Å². The van der Waals surface area contributed by atoms with E-state index in [1.165, 1.54) is 11.8 Å². The first-order chi connectivity index (χ1) is 14.2. The van der Waals surface area contributed by atoms with E-state index in [0.717, 1.165) is 34.2 Å². The number of hydrogen-bond acceptors (Lipinski definition) is 5. The maximum absolute atomic E-state index is 12.7. The van der Waals surface area contributed by atoms with Crippen molar-refractivity contribution in [3.05, 3.63) is 60.2 Å². The Morgan fingerprint density at radius 3 is 2.55 bits per heavy atom. The summed E-state index contributed by atoms with van der Waals surface area (Å²) in [6.45, 7) is 6.16. The largest absolute Gasteiger partial charge is 0.338 e. The summed E-state index contributed by atoms with van der Waals surface area (Å²) < 4.78 is 2.14. The summed E-state index contributed by atoms with van der Waals surface area (Å²) in [5.41, 5.74) is 3.84. The molecule has 0 radical (unpaired) electrons. The highest BCUT2D eigenvalue weighted by atomic mass is 32.2. The second-order valence-electron chi connectivity index (χ2n) is 6.71. The van der Waals surface area contributed by atoms with Crippen molar-refractivity contribution in [1.82, 2.24) is 24.6 Å². The Bertz CT molecular complexity index is 1140. The van der Waals surface area contributed by atoms with E-state index in [0.29, 0.717) is 24.0 Å². The number of carbonyl (C=O) groups is 1. The number of aromatic nitrogens is 4. The second-order valence-corrected chi connectivity index (χ2v) is 7.65. The van der Waals surface area contributed by atoms with Gasteiger partial charge in [-0.15, -0.1) is 10.2 Å². The van der Waals surface area contributed by atoms with Gasteiger partial charge in [0.1, 0.15) is 5.52 Å². The number of thioether (sulfide) groups is 1. The number of nitrogens with zero attached hydrogens (tertiary/aromatic N) is 5. The third kappa shape index (κ3) is 3.96. The van der Waals surface area contributed by atoms with Crippen LogP contribution in [0, 0.1) is 0 Å². The van der Waals surface area contributed by atoms with E-state index >= 15 is 0 Å². The van der Waals surface area contributed by atoms with E-state index in [9.17, 15) is 4.79 Å². The van der Waals surface area contributed by atoms with Gasteiger partial charge < -0.3 is 9.47 Å². The molecule has 0 atom stereocenters. The van der Waals surface area contributed by atoms with Gasteiger partial charge in [0.2, 0.25) is 11.1 Å². The summed E-state index contributed by atoms with van der Waals surface area (Å²) in [6.07, 6.45) is 0. The van der Waals surface area contributed by atoms with Crippen molar-refractivity contribution in [2.24, 2.45) is 0 Å².